The number of esters is 1. The molecule has 0 heterocycles. The number of aliphatic hydroxyl groups is 1. The van der Waals surface area contributed by atoms with Crippen LogP contribution in [0, 0.1) is 0 Å². The lowest BCUT2D eigenvalue weighted by molar-refractivity contribution is -0.266. The van der Waals surface area contributed by atoms with E-state index in [1.165, 1.54) is 12.1 Å². The standard InChI is InChI=1S/C18H25F3O3/c1-15(2,3)11-8-12(16(4,5)6)10-13(9-11)17(23,14(22)24-7)18(19,20)21/h8-10,23H,1-7H3/t17-/m0/s1. The maximum absolute atomic E-state index is 13.5. The van der Waals surface area contributed by atoms with E-state index in [2.05, 4.69) is 4.74 Å². The molecule has 0 aliphatic heterocycles. The average molecular weight is 346 g/mol. The number of halogens is 3. The zero-order chi connectivity index (χ0) is 19.1. The van der Waals surface area contributed by atoms with Gasteiger partial charge in [0, 0.05) is 5.56 Å². The lowest BCUT2D eigenvalue weighted by Gasteiger charge is -2.32. The topological polar surface area (TPSA) is 46.5 Å². The van der Waals surface area contributed by atoms with Crippen LogP contribution in [-0.2, 0) is 26.0 Å². The van der Waals surface area contributed by atoms with Crippen molar-refractivity contribution in [3.8, 4) is 0 Å². The van der Waals surface area contributed by atoms with Crippen LogP contribution in [-0.4, -0.2) is 24.4 Å². The molecule has 0 spiro atoms. The SMILES string of the molecule is COC(=O)[C@@](O)(c1cc(C(C)(C)C)cc(C(C)(C)C)c1)C(F)(F)F. The Balaban J connectivity index is 3.82. The molecule has 0 fully saturated rings. The Morgan fingerprint density at radius 3 is 1.46 bits per heavy atom. The van der Waals surface area contributed by atoms with Crippen LogP contribution in [0.1, 0.15) is 58.2 Å². The Hall–Kier alpha value is -1.56. The fraction of sp³-hybridized carbons (Fsp3) is 0.611. The third-order valence-electron chi connectivity index (χ3n) is 3.97. The molecule has 3 nitrogen and oxygen atoms in total. The van der Waals surface area contributed by atoms with E-state index in [0.717, 1.165) is 7.11 Å². The third-order valence-corrected chi connectivity index (χ3v) is 3.97. The number of ether oxygens (including phenoxy) is 1. The summed E-state index contributed by atoms with van der Waals surface area (Å²) in [5.41, 5.74) is -3.97. The maximum atomic E-state index is 13.5. The summed E-state index contributed by atoms with van der Waals surface area (Å²) in [6, 6.07) is 4.25. The predicted molar refractivity (Wildman–Crippen MR) is 85.8 cm³/mol. The van der Waals surface area contributed by atoms with Crippen molar-refractivity contribution in [2.75, 3.05) is 7.11 Å². The van der Waals surface area contributed by atoms with Gasteiger partial charge in [0.05, 0.1) is 7.11 Å². The molecule has 1 rings (SSSR count). The van der Waals surface area contributed by atoms with Crippen LogP contribution >= 0.6 is 0 Å². The van der Waals surface area contributed by atoms with Crippen molar-refractivity contribution in [3.05, 3.63) is 34.9 Å². The first-order chi connectivity index (χ1) is 10.5. The summed E-state index contributed by atoms with van der Waals surface area (Å²) in [7, 11) is 0.817. The zero-order valence-corrected chi connectivity index (χ0v) is 15.1. The number of hydrogen-bond donors (Lipinski definition) is 1. The Morgan fingerprint density at radius 2 is 1.21 bits per heavy atom. The quantitative estimate of drug-likeness (QED) is 0.816. The molecule has 24 heavy (non-hydrogen) atoms. The largest absolute Gasteiger partial charge is 0.466 e. The van der Waals surface area contributed by atoms with Crippen LogP contribution in [0.2, 0.25) is 0 Å². The van der Waals surface area contributed by atoms with Crippen LogP contribution in [0.15, 0.2) is 18.2 Å². The molecule has 136 valence electrons. The molecule has 0 aliphatic rings. The van der Waals surface area contributed by atoms with Gasteiger partial charge in [0.1, 0.15) is 0 Å². The predicted octanol–water partition coefficient (Wildman–Crippen LogP) is 4.20. The Bertz CT molecular complexity index is 590. The van der Waals surface area contributed by atoms with Gasteiger partial charge in [-0.25, -0.2) is 4.79 Å². The molecular formula is C18H25F3O3. The number of rotatable bonds is 2. The second kappa shape index (κ2) is 6.06. The van der Waals surface area contributed by atoms with Crippen molar-refractivity contribution >= 4 is 5.97 Å². The number of carbonyl (C=O) groups is 1. The Morgan fingerprint density at radius 1 is 0.875 bits per heavy atom. The molecule has 1 aromatic rings. The average Bonchev–Trinajstić information content (AvgIpc) is 2.41. The van der Waals surface area contributed by atoms with Gasteiger partial charge >= 0.3 is 12.1 Å². The minimum atomic E-state index is -5.20. The second-order valence-corrected chi connectivity index (χ2v) is 8.00. The van der Waals surface area contributed by atoms with Crippen molar-refractivity contribution in [2.24, 2.45) is 0 Å². The number of carbonyl (C=O) groups excluding carboxylic acids is 1. The highest BCUT2D eigenvalue weighted by atomic mass is 19.4. The van der Waals surface area contributed by atoms with E-state index in [1.54, 1.807) is 6.07 Å². The van der Waals surface area contributed by atoms with E-state index in [-0.39, 0.29) is 0 Å². The zero-order valence-electron chi connectivity index (χ0n) is 15.1. The molecule has 0 bridgehead atoms. The van der Waals surface area contributed by atoms with Gasteiger partial charge in [-0.1, -0.05) is 59.7 Å². The number of alkyl halides is 3. The van der Waals surface area contributed by atoms with E-state index in [0.29, 0.717) is 11.1 Å². The molecular weight excluding hydrogens is 321 g/mol. The monoisotopic (exact) mass is 346 g/mol. The van der Waals surface area contributed by atoms with Crippen LogP contribution in [0.3, 0.4) is 0 Å². The molecule has 0 radical (unpaired) electrons. The molecule has 0 unspecified atom stereocenters. The van der Waals surface area contributed by atoms with E-state index in [1.807, 2.05) is 41.5 Å². The second-order valence-electron chi connectivity index (χ2n) is 8.00. The van der Waals surface area contributed by atoms with Gasteiger partial charge in [0.25, 0.3) is 5.60 Å². The minimum Gasteiger partial charge on any atom is -0.466 e. The molecule has 0 saturated heterocycles. The molecule has 1 N–H and O–H groups in total. The van der Waals surface area contributed by atoms with Crippen molar-refractivity contribution in [1.82, 2.24) is 0 Å². The highest BCUT2D eigenvalue weighted by Crippen LogP contribution is 2.42. The van der Waals surface area contributed by atoms with Crippen LogP contribution in [0.5, 0.6) is 0 Å². The minimum absolute atomic E-state index is 0.460. The molecule has 0 aliphatic carbocycles. The lowest BCUT2D eigenvalue weighted by Crippen LogP contribution is -2.50. The van der Waals surface area contributed by atoms with Gasteiger partial charge < -0.3 is 9.84 Å². The summed E-state index contributed by atoms with van der Waals surface area (Å²) < 4.78 is 44.8. The van der Waals surface area contributed by atoms with Crippen molar-refractivity contribution in [2.45, 2.75) is 64.1 Å². The fourth-order valence-electron chi connectivity index (χ4n) is 2.25. The van der Waals surface area contributed by atoms with Gasteiger partial charge in [0.2, 0.25) is 0 Å². The van der Waals surface area contributed by atoms with Crippen LogP contribution in [0.4, 0.5) is 13.2 Å². The molecule has 0 aromatic heterocycles. The first-order valence-corrected chi connectivity index (χ1v) is 7.59. The van der Waals surface area contributed by atoms with Crippen LogP contribution in [0.25, 0.3) is 0 Å². The lowest BCUT2D eigenvalue weighted by atomic mass is 9.77. The number of methoxy groups -OCH3 is 1. The third kappa shape index (κ3) is 3.74. The maximum Gasteiger partial charge on any atom is 0.432 e. The van der Waals surface area contributed by atoms with Crippen molar-refractivity contribution in [3.63, 3.8) is 0 Å². The summed E-state index contributed by atoms with van der Waals surface area (Å²) in [5.74, 6) is -1.75. The summed E-state index contributed by atoms with van der Waals surface area (Å²) in [6.07, 6.45) is -5.20. The molecule has 1 atom stereocenters. The summed E-state index contributed by atoms with van der Waals surface area (Å²) in [5, 5.41) is 10.3. The van der Waals surface area contributed by atoms with Crippen molar-refractivity contribution in [1.29, 1.82) is 0 Å². The van der Waals surface area contributed by atoms with Gasteiger partial charge in [-0.3, -0.25) is 0 Å². The summed E-state index contributed by atoms with van der Waals surface area (Å²) >= 11 is 0. The molecule has 6 heteroatoms. The van der Waals surface area contributed by atoms with Gasteiger partial charge in [-0.15, -0.1) is 0 Å². The van der Waals surface area contributed by atoms with Gasteiger partial charge in [-0.05, 0) is 22.0 Å². The molecule has 1 aromatic carbocycles. The summed E-state index contributed by atoms with van der Waals surface area (Å²) in [6.45, 7) is 11.1. The van der Waals surface area contributed by atoms with E-state index < -0.39 is 34.1 Å². The van der Waals surface area contributed by atoms with Crippen molar-refractivity contribution < 1.29 is 27.8 Å². The highest BCUT2D eigenvalue weighted by Gasteiger charge is 2.62. The number of benzene rings is 1. The summed E-state index contributed by atoms with van der Waals surface area (Å²) in [4.78, 5) is 11.8. The van der Waals surface area contributed by atoms with Crippen LogP contribution < -0.4 is 0 Å². The Kier molecular flexibility index (Phi) is 5.17. The van der Waals surface area contributed by atoms with E-state index in [4.69, 9.17) is 0 Å². The highest BCUT2D eigenvalue weighted by molar-refractivity contribution is 5.82. The molecule has 0 saturated carbocycles. The van der Waals surface area contributed by atoms with Gasteiger partial charge in [0.15, 0.2) is 0 Å². The fourth-order valence-corrected chi connectivity index (χ4v) is 2.25. The smallest absolute Gasteiger partial charge is 0.432 e. The number of hydrogen-bond acceptors (Lipinski definition) is 3. The molecule has 0 amide bonds. The Labute approximate surface area is 140 Å². The normalized spacial score (nSPS) is 15.8. The first-order valence-electron chi connectivity index (χ1n) is 7.59. The van der Waals surface area contributed by atoms with Gasteiger partial charge in [-0.2, -0.15) is 13.2 Å². The van der Waals surface area contributed by atoms with E-state index >= 15 is 0 Å². The first kappa shape index (κ1) is 20.5. The van der Waals surface area contributed by atoms with E-state index in [9.17, 15) is 23.1 Å².